The summed E-state index contributed by atoms with van der Waals surface area (Å²) in [5, 5.41) is 8.70. The van der Waals surface area contributed by atoms with E-state index in [1.54, 1.807) is 0 Å². The standard InChI is InChI=1S/C11H8F6O2/c12-10(13,14)5-8(9(18)19)6-1-3-7(4-2-6)11(15,16)17/h1-4,8H,5H2,(H,18,19)/t8-/m1/s1. The Balaban J connectivity index is 3.02. The summed E-state index contributed by atoms with van der Waals surface area (Å²) < 4.78 is 73.3. The van der Waals surface area contributed by atoms with Crippen LogP contribution in [0.4, 0.5) is 26.3 Å². The van der Waals surface area contributed by atoms with Crippen molar-refractivity contribution in [2.24, 2.45) is 0 Å². The van der Waals surface area contributed by atoms with Crippen LogP contribution < -0.4 is 0 Å². The summed E-state index contributed by atoms with van der Waals surface area (Å²) in [6.45, 7) is 0. The van der Waals surface area contributed by atoms with E-state index >= 15 is 0 Å². The summed E-state index contributed by atoms with van der Waals surface area (Å²) in [6.07, 6.45) is -11.0. The number of carbonyl (C=O) groups is 1. The first-order chi connectivity index (χ1) is 8.50. The third-order valence-corrected chi connectivity index (χ3v) is 2.37. The molecule has 8 heteroatoms. The fraction of sp³-hybridized carbons (Fsp3) is 0.364. The maximum Gasteiger partial charge on any atom is 0.416 e. The Morgan fingerprint density at radius 1 is 1.05 bits per heavy atom. The summed E-state index contributed by atoms with van der Waals surface area (Å²) in [5.74, 6) is -3.65. The van der Waals surface area contributed by atoms with Gasteiger partial charge < -0.3 is 5.11 Å². The van der Waals surface area contributed by atoms with Crippen LogP contribution in [-0.4, -0.2) is 17.3 Å². The van der Waals surface area contributed by atoms with E-state index in [0.29, 0.717) is 12.1 Å². The molecule has 0 saturated heterocycles. The molecule has 2 nitrogen and oxygen atoms in total. The van der Waals surface area contributed by atoms with E-state index in [9.17, 15) is 31.1 Å². The van der Waals surface area contributed by atoms with Crippen molar-refractivity contribution in [2.75, 3.05) is 0 Å². The maximum absolute atomic E-state index is 12.3. The van der Waals surface area contributed by atoms with Crippen molar-refractivity contribution in [2.45, 2.75) is 24.7 Å². The van der Waals surface area contributed by atoms with E-state index in [0.717, 1.165) is 12.1 Å². The van der Waals surface area contributed by atoms with Gasteiger partial charge in [-0.3, -0.25) is 4.79 Å². The highest BCUT2D eigenvalue weighted by molar-refractivity contribution is 5.76. The Morgan fingerprint density at radius 3 is 1.84 bits per heavy atom. The zero-order valence-electron chi connectivity index (χ0n) is 9.22. The smallest absolute Gasteiger partial charge is 0.416 e. The van der Waals surface area contributed by atoms with Crippen molar-refractivity contribution in [3.63, 3.8) is 0 Å². The Bertz CT molecular complexity index is 446. The SMILES string of the molecule is O=C(O)[C@H](CC(F)(F)F)c1ccc(C(F)(F)F)cc1. The molecular weight excluding hydrogens is 278 g/mol. The molecule has 1 atom stereocenters. The second-order valence-corrected chi connectivity index (χ2v) is 3.83. The van der Waals surface area contributed by atoms with E-state index in [4.69, 9.17) is 5.11 Å². The molecule has 0 unspecified atom stereocenters. The third kappa shape index (κ3) is 4.46. The largest absolute Gasteiger partial charge is 0.481 e. The highest BCUT2D eigenvalue weighted by atomic mass is 19.4. The third-order valence-electron chi connectivity index (χ3n) is 2.37. The van der Waals surface area contributed by atoms with E-state index < -0.39 is 36.2 Å². The van der Waals surface area contributed by atoms with Gasteiger partial charge >= 0.3 is 18.3 Å². The Hall–Kier alpha value is -1.73. The summed E-state index contributed by atoms with van der Waals surface area (Å²) in [5.41, 5.74) is -1.37. The molecule has 0 bridgehead atoms. The summed E-state index contributed by atoms with van der Waals surface area (Å²) in [4.78, 5) is 10.7. The molecule has 1 aromatic rings. The first-order valence-electron chi connectivity index (χ1n) is 4.97. The zero-order valence-corrected chi connectivity index (χ0v) is 9.22. The molecule has 0 aliphatic rings. The molecule has 0 spiro atoms. The Labute approximate surface area is 103 Å². The molecule has 0 aromatic heterocycles. The molecule has 1 aromatic carbocycles. The van der Waals surface area contributed by atoms with Gasteiger partial charge in [-0.25, -0.2) is 0 Å². The molecule has 0 amide bonds. The number of hydrogen-bond donors (Lipinski definition) is 1. The number of benzene rings is 1. The van der Waals surface area contributed by atoms with Crippen molar-refractivity contribution in [1.82, 2.24) is 0 Å². The monoisotopic (exact) mass is 286 g/mol. The van der Waals surface area contributed by atoms with Crippen LogP contribution in [-0.2, 0) is 11.0 Å². The van der Waals surface area contributed by atoms with Crippen molar-refractivity contribution >= 4 is 5.97 Å². The van der Waals surface area contributed by atoms with E-state index in [-0.39, 0.29) is 5.56 Å². The van der Waals surface area contributed by atoms with Gasteiger partial charge in [0.05, 0.1) is 17.9 Å². The summed E-state index contributed by atoms with van der Waals surface area (Å²) in [6, 6.07) is 2.60. The lowest BCUT2D eigenvalue weighted by Gasteiger charge is -2.15. The average molecular weight is 286 g/mol. The molecule has 0 fully saturated rings. The van der Waals surface area contributed by atoms with Crippen molar-refractivity contribution in [1.29, 1.82) is 0 Å². The highest BCUT2D eigenvalue weighted by Gasteiger charge is 2.37. The van der Waals surface area contributed by atoms with E-state index in [1.165, 1.54) is 0 Å². The number of hydrogen-bond acceptors (Lipinski definition) is 1. The van der Waals surface area contributed by atoms with Crippen LogP contribution in [0.2, 0.25) is 0 Å². The predicted molar refractivity (Wildman–Crippen MR) is 52.5 cm³/mol. The second kappa shape index (κ2) is 5.10. The van der Waals surface area contributed by atoms with Gasteiger partial charge in [-0.05, 0) is 17.7 Å². The van der Waals surface area contributed by atoms with Crippen LogP contribution in [0, 0.1) is 0 Å². The van der Waals surface area contributed by atoms with Gasteiger partial charge in [-0.1, -0.05) is 12.1 Å². The average Bonchev–Trinajstić information content (AvgIpc) is 2.23. The minimum absolute atomic E-state index is 0.321. The van der Waals surface area contributed by atoms with Crippen LogP contribution in [0.5, 0.6) is 0 Å². The van der Waals surface area contributed by atoms with Gasteiger partial charge in [-0.2, -0.15) is 26.3 Å². The van der Waals surface area contributed by atoms with Crippen LogP contribution in [0.25, 0.3) is 0 Å². The highest BCUT2D eigenvalue weighted by Crippen LogP contribution is 2.34. The molecular formula is C11H8F6O2. The molecule has 1 N–H and O–H groups in total. The van der Waals surface area contributed by atoms with Gasteiger partial charge in [0, 0.05) is 0 Å². The number of aliphatic carboxylic acids is 1. The quantitative estimate of drug-likeness (QED) is 0.857. The molecule has 19 heavy (non-hydrogen) atoms. The number of carboxylic acid groups (broad SMARTS) is 1. The van der Waals surface area contributed by atoms with Gasteiger partial charge in [-0.15, -0.1) is 0 Å². The minimum atomic E-state index is -4.72. The van der Waals surface area contributed by atoms with E-state index in [2.05, 4.69) is 0 Å². The molecule has 106 valence electrons. The van der Waals surface area contributed by atoms with Crippen LogP contribution in [0.1, 0.15) is 23.5 Å². The molecule has 0 heterocycles. The lowest BCUT2D eigenvalue weighted by Crippen LogP contribution is -2.20. The van der Waals surface area contributed by atoms with Gasteiger partial charge in [0.25, 0.3) is 0 Å². The Morgan fingerprint density at radius 2 is 1.53 bits per heavy atom. The van der Waals surface area contributed by atoms with Crippen molar-refractivity contribution in [3.05, 3.63) is 35.4 Å². The summed E-state index contributed by atoms with van der Waals surface area (Å²) >= 11 is 0. The molecule has 0 saturated carbocycles. The normalized spacial score (nSPS) is 14.2. The minimum Gasteiger partial charge on any atom is -0.481 e. The topological polar surface area (TPSA) is 37.3 Å². The zero-order chi connectivity index (χ0) is 14.8. The summed E-state index contributed by atoms with van der Waals surface area (Å²) in [7, 11) is 0. The van der Waals surface area contributed by atoms with E-state index in [1.807, 2.05) is 0 Å². The lowest BCUT2D eigenvalue weighted by atomic mass is 9.94. The number of rotatable bonds is 3. The number of carboxylic acids is 1. The predicted octanol–water partition coefficient (Wildman–Crippen LogP) is 3.83. The fourth-order valence-electron chi connectivity index (χ4n) is 1.48. The fourth-order valence-corrected chi connectivity index (χ4v) is 1.48. The van der Waals surface area contributed by atoms with Crippen LogP contribution >= 0.6 is 0 Å². The first-order valence-corrected chi connectivity index (χ1v) is 4.97. The molecule has 0 aliphatic carbocycles. The lowest BCUT2D eigenvalue weighted by molar-refractivity contribution is -0.157. The van der Waals surface area contributed by atoms with Gasteiger partial charge in [0.1, 0.15) is 0 Å². The van der Waals surface area contributed by atoms with Crippen molar-refractivity contribution in [3.8, 4) is 0 Å². The van der Waals surface area contributed by atoms with Crippen molar-refractivity contribution < 1.29 is 36.2 Å². The first kappa shape index (κ1) is 15.3. The van der Waals surface area contributed by atoms with Gasteiger partial charge in [0.2, 0.25) is 0 Å². The maximum atomic E-state index is 12.3. The number of halogens is 6. The molecule has 0 aliphatic heterocycles. The number of alkyl halides is 6. The second-order valence-electron chi connectivity index (χ2n) is 3.83. The Kier molecular flexibility index (Phi) is 4.12. The van der Waals surface area contributed by atoms with Gasteiger partial charge in [0.15, 0.2) is 0 Å². The molecule has 1 rings (SSSR count). The molecule has 0 radical (unpaired) electrons. The van der Waals surface area contributed by atoms with Crippen LogP contribution in [0.3, 0.4) is 0 Å². The van der Waals surface area contributed by atoms with Crippen LogP contribution in [0.15, 0.2) is 24.3 Å².